The Morgan fingerprint density at radius 1 is 0.657 bits per heavy atom. The fraction of sp³-hybridized carbons (Fsp3) is 0.103. The predicted octanol–water partition coefficient (Wildman–Crippen LogP) is 5.77. The smallest absolute Gasteiger partial charge is 0.255 e. The van der Waals surface area contributed by atoms with Gasteiger partial charge in [-0.15, -0.1) is 0 Å². The van der Waals surface area contributed by atoms with Gasteiger partial charge in [-0.2, -0.15) is 0 Å². The van der Waals surface area contributed by atoms with Crippen molar-refractivity contribution in [2.45, 2.75) is 12.8 Å². The highest BCUT2D eigenvalue weighted by molar-refractivity contribution is 6.06. The second-order valence-electron chi connectivity index (χ2n) is 8.30. The minimum Gasteiger partial charge on any atom is -0.508 e. The van der Waals surface area contributed by atoms with Crippen LogP contribution in [0, 0.1) is 0 Å². The van der Waals surface area contributed by atoms with E-state index < -0.39 is 5.91 Å². The Kier molecular flexibility index (Phi) is 6.83. The van der Waals surface area contributed by atoms with Crippen LogP contribution in [0.2, 0.25) is 0 Å². The Morgan fingerprint density at radius 3 is 1.66 bits per heavy atom. The predicted molar refractivity (Wildman–Crippen MR) is 138 cm³/mol. The number of benzene rings is 4. The number of amides is 1. The molecule has 1 unspecified atom stereocenters. The van der Waals surface area contributed by atoms with Gasteiger partial charge in [0, 0.05) is 35.5 Å². The van der Waals surface area contributed by atoms with E-state index in [0.29, 0.717) is 5.69 Å². The monoisotopic (exact) mass is 466 g/mol. The molecule has 6 heteroatoms. The van der Waals surface area contributed by atoms with Crippen molar-refractivity contribution in [3.8, 4) is 11.5 Å². The number of hydrogen-bond acceptors (Lipinski definition) is 5. The second-order valence-corrected chi connectivity index (χ2v) is 8.30. The first-order chi connectivity index (χ1) is 16.8. The molecule has 1 atom stereocenters. The van der Waals surface area contributed by atoms with Crippen LogP contribution in [-0.4, -0.2) is 29.0 Å². The van der Waals surface area contributed by atoms with Crippen molar-refractivity contribution in [2.24, 2.45) is 0 Å². The molecule has 4 N–H and O–H groups in total. The number of Topliss-reactive ketones (excluding diaryl/α,β-unsaturated/α-hetero) is 1. The molecule has 0 bridgehead atoms. The van der Waals surface area contributed by atoms with Crippen LogP contribution in [0.15, 0.2) is 91.0 Å². The first-order valence-corrected chi connectivity index (χ1v) is 11.2. The fourth-order valence-corrected chi connectivity index (χ4v) is 3.99. The zero-order valence-electron chi connectivity index (χ0n) is 19.4. The van der Waals surface area contributed by atoms with E-state index in [4.69, 9.17) is 0 Å². The van der Waals surface area contributed by atoms with E-state index in [1.807, 2.05) is 55.6 Å². The molecule has 1 amide bonds. The minimum atomic E-state index is -0.422. The summed E-state index contributed by atoms with van der Waals surface area (Å²) < 4.78 is 0. The van der Waals surface area contributed by atoms with Crippen molar-refractivity contribution in [3.05, 3.63) is 119 Å². The van der Waals surface area contributed by atoms with E-state index in [9.17, 15) is 19.8 Å². The van der Waals surface area contributed by atoms with Crippen LogP contribution in [0.5, 0.6) is 11.5 Å². The van der Waals surface area contributed by atoms with Gasteiger partial charge in [-0.3, -0.25) is 9.59 Å². The van der Waals surface area contributed by atoms with Gasteiger partial charge in [0.05, 0.1) is 0 Å². The number of carbonyl (C=O) groups excluding carboxylic acids is 2. The number of rotatable bonds is 7. The molecular formula is C29H26N2O4. The molecule has 0 aliphatic carbocycles. The van der Waals surface area contributed by atoms with Crippen molar-refractivity contribution >= 4 is 23.1 Å². The molecule has 0 heterocycles. The molecular weight excluding hydrogens is 440 g/mol. The van der Waals surface area contributed by atoms with Crippen molar-refractivity contribution in [1.82, 2.24) is 0 Å². The number of aromatic hydroxyl groups is 2. The number of hydrogen-bond donors (Lipinski definition) is 4. The molecule has 176 valence electrons. The molecule has 0 saturated heterocycles. The van der Waals surface area contributed by atoms with Gasteiger partial charge in [0.15, 0.2) is 5.78 Å². The molecule has 4 rings (SSSR count). The molecule has 0 aliphatic heterocycles. The van der Waals surface area contributed by atoms with Crippen LogP contribution < -0.4 is 10.6 Å². The average molecular weight is 467 g/mol. The first kappa shape index (κ1) is 23.6. The van der Waals surface area contributed by atoms with Crippen molar-refractivity contribution in [1.29, 1.82) is 0 Å². The zero-order chi connectivity index (χ0) is 24.9. The van der Waals surface area contributed by atoms with E-state index in [-0.39, 0.29) is 34.3 Å². The van der Waals surface area contributed by atoms with E-state index in [1.54, 1.807) is 12.1 Å². The molecule has 0 aromatic heterocycles. The van der Waals surface area contributed by atoms with Gasteiger partial charge in [-0.1, -0.05) is 36.4 Å². The van der Waals surface area contributed by atoms with Crippen molar-refractivity contribution in [3.63, 3.8) is 0 Å². The van der Waals surface area contributed by atoms with E-state index in [0.717, 1.165) is 22.4 Å². The number of carbonyl (C=O) groups is 2. The van der Waals surface area contributed by atoms with E-state index in [1.165, 1.54) is 25.1 Å². The Balaban J connectivity index is 1.61. The SMILES string of the molecule is CNc1ccc(C(c2ccc(O)cc2)c2ccc(NC(=O)c3cc(O)cc(C(C)=O)c3)cc2)cc1. The Morgan fingerprint density at radius 2 is 1.14 bits per heavy atom. The van der Waals surface area contributed by atoms with Gasteiger partial charge in [0.25, 0.3) is 5.91 Å². The van der Waals surface area contributed by atoms with Crippen LogP contribution >= 0.6 is 0 Å². The molecule has 0 spiro atoms. The molecule has 0 saturated carbocycles. The van der Waals surface area contributed by atoms with E-state index in [2.05, 4.69) is 22.8 Å². The Bertz CT molecular complexity index is 1350. The summed E-state index contributed by atoms with van der Waals surface area (Å²) in [4.78, 5) is 24.4. The summed E-state index contributed by atoms with van der Waals surface area (Å²) in [6.07, 6.45) is 0. The van der Waals surface area contributed by atoms with Gasteiger partial charge in [0.2, 0.25) is 0 Å². The van der Waals surface area contributed by atoms with Crippen LogP contribution in [-0.2, 0) is 0 Å². The van der Waals surface area contributed by atoms with Gasteiger partial charge < -0.3 is 20.8 Å². The number of phenols is 2. The first-order valence-electron chi connectivity index (χ1n) is 11.2. The van der Waals surface area contributed by atoms with Crippen LogP contribution in [0.4, 0.5) is 11.4 Å². The normalized spacial score (nSPS) is 11.5. The highest BCUT2D eigenvalue weighted by atomic mass is 16.3. The summed E-state index contributed by atoms with van der Waals surface area (Å²) in [6.45, 7) is 1.38. The number of phenolic OH excluding ortho intramolecular Hbond substituents is 2. The Labute approximate surface area is 203 Å². The van der Waals surface area contributed by atoms with Gasteiger partial charge in [0.1, 0.15) is 11.5 Å². The topological polar surface area (TPSA) is 98.7 Å². The average Bonchev–Trinajstić information content (AvgIpc) is 2.86. The highest BCUT2D eigenvalue weighted by Crippen LogP contribution is 2.34. The third-order valence-electron chi connectivity index (χ3n) is 5.85. The lowest BCUT2D eigenvalue weighted by Crippen LogP contribution is -2.13. The molecule has 4 aromatic rings. The van der Waals surface area contributed by atoms with Crippen LogP contribution in [0.1, 0.15) is 50.2 Å². The zero-order valence-corrected chi connectivity index (χ0v) is 19.4. The molecule has 4 aromatic carbocycles. The maximum Gasteiger partial charge on any atom is 0.255 e. The highest BCUT2D eigenvalue weighted by Gasteiger charge is 2.18. The molecule has 35 heavy (non-hydrogen) atoms. The molecule has 6 nitrogen and oxygen atoms in total. The fourth-order valence-electron chi connectivity index (χ4n) is 3.99. The van der Waals surface area contributed by atoms with Gasteiger partial charge in [-0.05, 0) is 78.2 Å². The molecule has 0 fully saturated rings. The molecule has 0 radical (unpaired) electrons. The van der Waals surface area contributed by atoms with Crippen LogP contribution in [0.25, 0.3) is 0 Å². The van der Waals surface area contributed by atoms with Crippen molar-refractivity contribution < 1.29 is 19.8 Å². The summed E-state index contributed by atoms with van der Waals surface area (Å²) in [5, 5.41) is 25.6. The van der Waals surface area contributed by atoms with Gasteiger partial charge >= 0.3 is 0 Å². The lowest BCUT2D eigenvalue weighted by Gasteiger charge is -2.20. The number of ketones is 1. The maximum atomic E-state index is 12.7. The van der Waals surface area contributed by atoms with E-state index >= 15 is 0 Å². The van der Waals surface area contributed by atoms with Crippen molar-refractivity contribution in [2.75, 3.05) is 17.7 Å². The number of anilines is 2. The largest absolute Gasteiger partial charge is 0.508 e. The number of nitrogens with one attached hydrogen (secondary N) is 2. The summed E-state index contributed by atoms with van der Waals surface area (Å²) >= 11 is 0. The maximum absolute atomic E-state index is 12.7. The summed E-state index contributed by atoms with van der Waals surface area (Å²) in [5.41, 5.74) is 5.19. The lowest BCUT2D eigenvalue weighted by atomic mass is 9.85. The third-order valence-corrected chi connectivity index (χ3v) is 5.85. The summed E-state index contributed by atoms with van der Waals surface area (Å²) in [5.74, 6) is -0.665. The summed E-state index contributed by atoms with van der Waals surface area (Å²) in [6, 6.07) is 26.9. The second kappa shape index (κ2) is 10.1. The quantitative estimate of drug-likeness (QED) is 0.205. The van der Waals surface area contributed by atoms with Crippen LogP contribution in [0.3, 0.4) is 0 Å². The van der Waals surface area contributed by atoms with Gasteiger partial charge in [-0.25, -0.2) is 0 Å². The minimum absolute atomic E-state index is 0.0737. The Hall–Kier alpha value is -4.58. The standard InChI is InChI=1S/C29H26N2O4/c1-18(32)22-15-23(17-27(34)16-22)29(35)31-25-11-5-20(6-12-25)28(21-7-13-26(33)14-8-21)19-3-9-24(30-2)10-4-19/h3-17,28,30,33-34H,1-2H3,(H,31,35). The third kappa shape index (κ3) is 5.50. The molecule has 0 aliphatic rings. The summed E-state index contributed by atoms with van der Waals surface area (Å²) in [7, 11) is 1.87. The lowest BCUT2D eigenvalue weighted by molar-refractivity contribution is 0.101.